The molecule has 2 heterocycles. The van der Waals surface area contributed by atoms with Crippen LogP contribution >= 0.6 is 0 Å². The van der Waals surface area contributed by atoms with Gasteiger partial charge in [0, 0.05) is 12.6 Å². The number of nitrogens with zero attached hydrogens (tertiary/aromatic N) is 4. The maximum atomic E-state index is 9.84. The van der Waals surface area contributed by atoms with Gasteiger partial charge in [0.15, 0.2) is 0 Å². The normalized spacial score (nSPS) is 14.1. The lowest BCUT2D eigenvalue weighted by Gasteiger charge is -2.17. The maximum Gasteiger partial charge on any atom is 0.229 e. The summed E-state index contributed by atoms with van der Waals surface area (Å²) < 4.78 is 10.0. The minimum absolute atomic E-state index is 0.103. The highest BCUT2D eigenvalue weighted by Crippen LogP contribution is 2.18. The fourth-order valence-corrected chi connectivity index (χ4v) is 1.40. The van der Waals surface area contributed by atoms with Crippen LogP contribution in [-0.2, 0) is 6.42 Å². The van der Waals surface area contributed by atoms with E-state index in [9.17, 15) is 5.11 Å². The molecule has 0 aromatic carbocycles. The number of methoxy groups -OCH3 is 1. The molecule has 0 fully saturated rings. The maximum absolute atomic E-state index is 9.84. The zero-order chi connectivity index (χ0) is 13.9. The Balaban J connectivity index is 2.20. The fourth-order valence-electron chi connectivity index (χ4n) is 1.40. The van der Waals surface area contributed by atoms with Gasteiger partial charge in [-0.25, -0.2) is 9.97 Å². The largest absolute Gasteiger partial charge is 0.481 e. The van der Waals surface area contributed by atoms with Crippen molar-refractivity contribution in [3.8, 4) is 17.4 Å². The minimum atomic E-state index is -1.08. The first-order valence-electron chi connectivity index (χ1n) is 5.65. The molecule has 0 aliphatic rings. The predicted octanol–water partition coefficient (Wildman–Crippen LogP) is -0.213. The summed E-state index contributed by atoms with van der Waals surface area (Å²) in [7, 11) is 1.51. The highest BCUT2D eigenvalue weighted by atomic mass is 16.5. The summed E-state index contributed by atoms with van der Waals surface area (Å²) in [5.41, 5.74) is 4.84. The van der Waals surface area contributed by atoms with Crippen molar-refractivity contribution in [1.82, 2.24) is 20.1 Å². The van der Waals surface area contributed by atoms with E-state index in [1.165, 1.54) is 13.4 Å². The van der Waals surface area contributed by atoms with Gasteiger partial charge in [0.2, 0.25) is 17.6 Å². The molecule has 0 saturated heterocycles. The number of aromatic nitrogens is 4. The van der Waals surface area contributed by atoms with Crippen molar-refractivity contribution >= 4 is 0 Å². The van der Waals surface area contributed by atoms with Crippen LogP contribution in [0.1, 0.15) is 12.8 Å². The highest BCUT2D eigenvalue weighted by molar-refractivity contribution is 5.49. The second-order valence-electron chi connectivity index (χ2n) is 4.34. The molecule has 0 saturated carbocycles. The standard InChI is InChI=1S/C11H15N5O3/c1-11(17,5-12)4-9-15-10(16-19-9)7-3-8(18-2)14-6-13-7/h3,6,17H,4-5,12H2,1-2H3. The van der Waals surface area contributed by atoms with Gasteiger partial charge in [0.1, 0.15) is 12.0 Å². The zero-order valence-electron chi connectivity index (χ0n) is 10.7. The Morgan fingerprint density at radius 1 is 1.47 bits per heavy atom. The minimum Gasteiger partial charge on any atom is -0.481 e. The number of nitrogens with two attached hydrogens (primary N) is 1. The van der Waals surface area contributed by atoms with Gasteiger partial charge < -0.3 is 20.1 Å². The van der Waals surface area contributed by atoms with E-state index in [1.54, 1.807) is 13.0 Å². The van der Waals surface area contributed by atoms with Gasteiger partial charge in [0.05, 0.1) is 19.1 Å². The van der Waals surface area contributed by atoms with Crippen molar-refractivity contribution in [3.05, 3.63) is 18.3 Å². The summed E-state index contributed by atoms with van der Waals surface area (Å²) in [6, 6.07) is 1.59. The van der Waals surface area contributed by atoms with Crippen LogP contribution < -0.4 is 10.5 Å². The molecule has 8 nitrogen and oxygen atoms in total. The second-order valence-corrected chi connectivity index (χ2v) is 4.34. The second kappa shape index (κ2) is 5.29. The lowest BCUT2D eigenvalue weighted by Crippen LogP contribution is -2.36. The number of aliphatic hydroxyl groups is 1. The summed E-state index contributed by atoms with van der Waals surface area (Å²) in [5.74, 6) is 1.01. The van der Waals surface area contributed by atoms with E-state index in [1.807, 2.05) is 0 Å². The van der Waals surface area contributed by atoms with Crippen molar-refractivity contribution in [2.75, 3.05) is 13.7 Å². The molecule has 2 rings (SSSR count). The van der Waals surface area contributed by atoms with Crippen LogP contribution in [0.3, 0.4) is 0 Å². The van der Waals surface area contributed by atoms with Crippen LogP contribution in [-0.4, -0.2) is 44.5 Å². The highest BCUT2D eigenvalue weighted by Gasteiger charge is 2.23. The molecule has 2 aromatic heterocycles. The van der Waals surface area contributed by atoms with Crippen molar-refractivity contribution in [2.24, 2.45) is 5.73 Å². The molecule has 19 heavy (non-hydrogen) atoms. The van der Waals surface area contributed by atoms with Gasteiger partial charge in [-0.3, -0.25) is 0 Å². The monoisotopic (exact) mass is 265 g/mol. The lowest BCUT2D eigenvalue weighted by atomic mass is 10.0. The molecule has 8 heteroatoms. The van der Waals surface area contributed by atoms with E-state index in [2.05, 4.69) is 20.1 Å². The smallest absolute Gasteiger partial charge is 0.229 e. The van der Waals surface area contributed by atoms with Gasteiger partial charge >= 0.3 is 0 Å². The number of rotatable bonds is 5. The Bertz CT molecular complexity index is 555. The van der Waals surface area contributed by atoms with Crippen molar-refractivity contribution in [3.63, 3.8) is 0 Å². The third-order valence-corrected chi connectivity index (χ3v) is 2.52. The number of hydrogen-bond acceptors (Lipinski definition) is 8. The third-order valence-electron chi connectivity index (χ3n) is 2.52. The van der Waals surface area contributed by atoms with E-state index in [0.29, 0.717) is 23.3 Å². The molecule has 0 amide bonds. The van der Waals surface area contributed by atoms with E-state index in [0.717, 1.165) is 0 Å². The molecule has 1 unspecified atom stereocenters. The summed E-state index contributed by atoms with van der Waals surface area (Å²) >= 11 is 0. The molecule has 102 valence electrons. The quantitative estimate of drug-likeness (QED) is 0.761. The summed E-state index contributed by atoms with van der Waals surface area (Å²) in [6.07, 6.45) is 1.53. The topological polar surface area (TPSA) is 120 Å². The van der Waals surface area contributed by atoms with E-state index in [-0.39, 0.29) is 13.0 Å². The van der Waals surface area contributed by atoms with E-state index >= 15 is 0 Å². The van der Waals surface area contributed by atoms with Gasteiger partial charge in [-0.1, -0.05) is 5.16 Å². The van der Waals surface area contributed by atoms with Gasteiger partial charge in [-0.2, -0.15) is 4.98 Å². The Hall–Kier alpha value is -2.06. The Labute approximate surface area is 109 Å². The molecule has 0 radical (unpaired) electrons. The number of ether oxygens (including phenoxy) is 1. The van der Waals surface area contributed by atoms with E-state index < -0.39 is 5.60 Å². The van der Waals surface area contributed by atoms with Crippen LogP contribution in [0.15, 0.2) is 16.9 Å². The first kappa shape index (κ1) is 13.4. The van der Waals surface area contributed by atoms with Gasteiger partial charge in [-0.05, 0) is 6.92 Å². The average molecular weight is 265 g/mol. The van der Waals surface area contributed by atoms with Crippen LogP contribution in [0.5, 0.6) is 5.88 Å². The molecule has 0 bridgehead atoms. The molecule has 0 aliphatic carbocycles. The molecular weight excluding hydrogens is 250 g/mol. The van der Waals surface area contributed by atoms with Crippen molar-refractivity contribution in [1.29, 1.82) is 0 Å². The molecule has 0 aliphatic heterocycles. The summed E-state index contributed by atoms with van der Waals surface area (Å²) in [5, 5.41) is 13.6. The van der Waals surface area contributed by atoms with Crippen molar-refractivity contribution in [2.45, 2.75) is 18.9 Å². The SMILES string of the molecule is COc1cc(-c2noc(CC(C)(O)CN)n2)ncn1. The zero-order valence-corrected chi connectivity index (χ0v) is 10.7. The Kier molecular flexibility index (Phi) is 3.72. The summed E-state index contributed by atoms with van der Waals surface area (Å²) in [4.78, 5) is 12.1. The molecule has 1 atom stereocenters. The van der Waals surface area contributed by atoms with Crippen LogP contribution in [0, 0.1) is 0 Å². The van der Waals surface area contributed by atoms with E-state index in [4.69, 9.17) is 15.0 Å². The summed E-state index contributed by atoms with van der Waals surface area (Å²) in [6.45, 7) is 1.70. The Morgan fingerprint density at radius 3 is 2.95 bits per heavy atom. The first-order valence-corrected chi connectivity index (χ1v) is 5.65. The average Bonchev–Trinajstić information content (AvgIpc) is 2.86. The lowest BCUT2D eigenvalue weighted by molar-refractivity contribution is 0.0610. The van der Waals surface area contributed by atoms with Crippen LogP contribution in [0.4, 0.5) is 0 Å². The molecule has 3 N–H and O–H groups in total. The van der Waals surface area contributed by atoms with Gasteiger partial charge in [0.25, 0.3) is 0 Å². The number of hydrogen-bond donors (Lipinski definition) is 2. The van der Waals surface area contributed by atoms with Crippen LogP contribution in [0.2, 0.25) is 0 Å². The van der Waals surface area contributed by atoms with Crippen molar-refractivity contribution < 1.29 is 14.4 Å². The van der Waals surface area contributed by atoms with Gasteiger partial charge in [-0.15, -0.1) is 0 Å². The Morgan fingerprint density at radius 2 is 2.26 bits per heavy atom. The first-order chi connectivity index (χ1) is 9.04. The molecular formula is C11H15N5O3. The molecule has 2 aromatic rings. The predicted molar refractivity (Wildman–Crippen MR) is 65.3 cm³/mol. The third kappa shape index (κ3) is 3.24. The van der Waals surface area contributed by atoms with Crippen LogP contribution in [0.25, 0.3) is 11.5 Å². The molecule has 0 spiro atoms. The fraction of sp³-hybridized carbons (Fsp3) is 0.455.